The number of thioether (sulfide) groups is 1. The Hall–Kier alpha value is -1.63. The van der Waals surface area contributed by atoms with E-state index < -0.39 is 5.51 Å². The minimum atomic E-state index is -4.25. The number of hydrogen-bond donors (Lipinski definition) is 1. The number of benzene rings is 1. The largest absolute Gasteiger partial charge is 0.446 e. The number of aromatic nitrogens is 2. The van der Waals surface area contributed by atoms with Crippen molar-refractivity contribution >= 4 is 17.7 Å². The molecular formula is C11H10F3N3S. The zero-order chi connectivity index (χ0) is 13.2. The third-order valence-electron chi connectivity index (χ3n) is 2.26. The van der Waals surface area contributed by atoms with Crippen LogP contribution in [0.25, 0.3) is 0 Å². The van der Waals surface area contributed by atoms with Gasteiger partial charge in [-0.15, -0.1) is 0 Å². The minimum absolute atomic E-state index is 0.123. The Morgan fingerprint density at radius 2 is 1.89 bits per heavy atom. The molecule has 0 bridgehead atoms. The highest BCUT2D eigenvalue weighted by molar-refractivity contribution is 8.00. The van der Waals surface area contributed by atoms with Gasteiger partial charge in [0, 0.05) is 17.3 Å². The van der Waals surface area contributed by atoms with Crippen molar-refractivity contribution < 1.29 is 13.2 Å². The first-order valence-corrected chi connectivity index (χ1v) is 5.87. The molecule has 0 saturated heterocycles. The van der Waals surface area contributed by atoms with E-state index in [0.29, 0.717) is 12.5 Å². The molecule has 96 valence electrons. The average Bonchev–Trinajstić information content (AvgIpc) is 2.65. The zero-order valence-electron chi connectivity index (χ0n) is 9.19. The molecule has 2 N–H and O–H groups in total. The van der Waals surface area contributed by atoms with Gasteiger partial charge in [0.1, 0.15) is 0 Å². The summed E-state index contributed by atoms with van der Waals surface area (Å²) in [6, 6.07) is 6.18. The highest BCUT2D eigenvalue weighted by Crippen LogP contribution is 2.36. The van der Waals surface area contributed by atoms with Gasteiger partial charge in [0.05, 0.1) is 6.54 Å². The SMILES string of the molecule is Nc1nccn1Cc1ccc(SC(F)(F)F)cc1. The smallest absolute Gasteiger partial charge is 0.369 e. The summed E-state index contributed by atoms with van der Waals surface area (Å²) >= 11 is -0.123. The van der Waals surface area contributed by atoms with Crippen LogP contribution >= 0.6 is 11.8 Å². The third kappa shape index (κ3) is 3.43. The lowest BCUT2D eigenvalue weighted by atomic mass is 10.2. The lowest BCUT2D eigenvalue weighted by molar-refractivity contribution is -0.0328. The highest BCUT2D eigenvalue weighted by atomic mass is 32.2. The van der Waals surface area contributed by atoms with Gasteiger partial charge in [0.15, 0.2) is 5.95 Å². The molecule has 0 aliphatic carbocycles. The number of imidazole rings is 1. The summed E-state index contributed by atoms with van der Waals surface area (Å²) in [7, 11) is 0. The highest BCUT2D eigenvalue weighted by Gasteiger charge is 2.28. The van der Waals surface area contributed by atoms with Gasteiger partial charge in [-0.3, -0.25) is 0 Å². The molecule has 2 aromatic rings. The van der Waals surface area contributed by atoms with Gasteiger partial charge < -0.3 is 10.3 Å². The van der Waals surface area contributed by atoms with Crippen LogP contribution in [0, 0.1) is 0 Å². The van der Waals surface area contributed by atoms with Crippen molar-refractivity contribution in [2.75, 3.05) is 5.73 Å². The summed E-state index contributed by atoms with van der Waals surface area (Å²) in [4.78, 5) is 4.04. The van der Waals surface area contributed by atoms with E-state index in [4.69, 9.17) is 5.73 Å². The number of nitrogens with zero attached hydrogens (tertiary/aromatic N) is 2. The average molecular weight is 273 g/mol. The monoisotopic (exact) mass is 273 g/mol. The first kappa shape index (κ1) is 12.8. The Labute approximate surface area is 106 Å². The Morgan fingerprint density at radius 3 is 2.39 bits per heavy atom. The van der Waals surface area contributed by atoms with E-state index in [9.17, 15) is 13.2 Å². The molecule has 0 amide bonds. The van der Waals surface area contributed by atoms with Crippen LogP contribution in [-0.2, 0) is 6.54 Å². The van der Waals surface area contributed by atoms with Gasteiger partial charge in [-0.05, 0) is 29.5 Å². The van der Waals surface area contributed by atoms with Crippen LogP contribution in [0.1, 0.15) is 5.56 Å². The lowest BCUT2D eigenvalue weighted by Gasteiger charge is -2.07. The van der Waals surface area contributed by atoms with Crippen LogP contribution in [0.5, 0.6) is 0 Å². The van der Waals surface area contributed by atoms with Crippen LogP contribution < -0.4 is 5.73 Å². The number of alkyl halides is 3. The van der Waals surface area contributed by atoms with Crippen molar-refractivity contribution in [3.05, 3.63) is 42.2 Å². The van der Waals surface area contributed by atoms with Crippen molar-refractivity contribution in [1.82, 2.24) is 9.55 Å². The molecular weight excluding hydrogens is 263 g/mol. The molecule has 0 spiro atoms. The quantitative estimate of drug-likeness (QED) is 0.874. The van der Waals surface area contributed by atoms with Crippen LogP contribution in [-0.4, -0.2) is 15.1 Å². The maximum absolute atomic E-state index is 12.1. The van der Waals surface area contributed by atoms with Gasteiger partial charge in [0.25, 0.3) is 0 Å². The zero-order valence-corrected chi connectivity index (χ0v) is 10.0. The van der Waals surface area contributed by atoms with Crippen molar-refractivity contribution in [3.8, 4) is 0 Å². The van der Waals surface area contributed by atoms with E-state index in [1.807, 2.05) is 0 Å². The number of rotatable bonds is 3. The van der Waals surface area contributed by atoms with Crippen molar-refractivity contribution in [1.29, 1.82) is 0 Å². The molecule has 0 fully saturated rings. The number of nitrogen functional groups attached to an aromatic ring is 1. The van der Waals surface area contributed by atoms with Crippen LogP contribution in [0.4, 0.5) is 19.1 Å². The summed E-state index contributed by atoms with van der Waals surface area (Å²) in [5.41, 5.74) is 2.21. The molecule has 0 unspecified atom stereocenters. The Kier molecular flexibility index (Phi) is 3.51. The molecule has 3 nitrogen and oxygen atoms in total. The molecule has 0 aliphatic rings. The van der Waals surface area contributed by atoms with Gasteiger partial charge in [-0.1, -0.05) is 12.1 Å². The summed E-state index contributed by atoms with van der Waals surface area (Å²) in [5.74, 6) is 0.378. The number of halogens is 3. The molecule has 7 heteroatoms. The van der Waals surface area contributed by atoms with Crippen LogP contribution in [0.15, 0.2) is 41.6 Å². The number of hydrogen-bond acceptors (Lipinski definition) is 3. The van der Waals surface area contributed by atoms with Crippen molar-refractivity contribution in [2.24, 2.45) is 0 Å². The van der Waals surface area contributed by atoms with Gasteiger partial charge in [-0.25, -0.2) is 4.98 Å². The van der Waals surface area contributed by atoms with Crippen molar-refractivity contribution in [2.45, 2.75) is 16.9 Å². The van der Waals surface area contributed by atoms with E-state index >= 15 is 0 Å². The molecule has 1 aromatic heterocycles. The molecule has 1 aromatic carbocycles. The van der Waals surface area contributed by atoms with Gasteiger partial charge >= 0.3 is 5.51 Å². The summed E-state index contributed by atoms with van der Waals surface area (Å²) in [6.07, 6.45) is 3.29. The van der Waals surface area contributed by atoms with Gasteiger partial charge in [-0.2, -0.15) is 13.2 Å². The Morgan fingerprint density at radius 1 is 1.22 bits per heavy atom. The molecule has 0 atom stereocenters. The molecule has 18 heavy (non-hydrogen) atoms. The number of nitrogens with two attached hydrogens (primary N) is 1. The minimum Gasteiger partial charge on any atom is -0.369 e. The predicted octanol–water partition coefficient (Wildman–Crippen LogP) is 3.13. The maximum atomic E-state index is 12.1. The summed E-state index contributed by atoms with van der Waals surface area (Å²) < 4.78 is 38.1. The van der Waals surface area contributed by atoms with Crippen molar-refractivity contribution in [3.63, 3.8) is 0 Å². The second-order valence-electron chi connectivity index (χ2n) is 3.61. The molecule has 0 saturated carbocycles. The maximum Gasteiger partial charge on any atom is 0.446 e. The topological polar surface area (TPSA) is 43.8 Å². The third-order valence-corrected chi connectivity index (χ3v) is 3.00. The first-order valence-electron chi connectivity index (χ1n) is 5.05. The van der Waals surface area contributed by atoms with E-state index in [1.54, 1.807) is 29.1 Å². The standard InChI is InChI=1S/C11H10F3N3S/c12-11(13,14)18-9-3-1-8(2-4-9)7-17-6-5-16-10(17)15/h1-6H,7H2,(H2,15,16). The fraction of sp³-hybridized carbons (Fsp3) is 0.182. The van der Waals surface area contributed by atoms with E-state index in [2.05, 4.69) is 4.98 Å². The number of anilines is 1. The van der Waals surface area contributed by atoms with E-state index in [-0.39, 0.29) is 16.7 Å². The molecule has 1 heterocycles. The predicted molar refractivity (Wildman–Crippen MR) is 64.1 cm³/mol. The summed E-state index contributed by atoms with van der Waals surface area (Å²) in [5, 5.41) is 0. The fourth-order valence-electron chi connectivity index (χ4n) is 1.47. The Balaban J connectivity index is 2.06. The van der Waals surface area contributed by atoms with Crippen LogP contribution in [0.2, 0.25) is 0 Å². The van der Waals surface area contributed by atoms with Crippen LogP contribution in [0.3, 0.4) is 0 Å². The lowest BCUT2D eigenvalue weighted by Crippen LogP contribution is -2.03. The van der Waals surface area contributed by atoms with E-state index in [1.165, 1.54) is 12.1 Å². The fourth-order valence-corrected chi connectivity index (χ4v) is 2.01. The molecule has 0 radical (unpaired) electrons. The van der Waals surface area contributed by atoms with Gasteiger partial charge in [0.2, 0.25) is 0 Å². The normalized spacial score (nSPS) is 11.7. The Bertz CT molecular complexity index is 519. The second-order valence-corrected chi connectivity index (χ2v) is 4.74. The second kappa shape index (κ2) is 4.93. The summed E-state index contributed by atoms with van der Waals surface area (Å²) in [6.45, 7) is 0.489. The molecule has 2 rings (SSSR count). The first-order chi connectivity index (χ1) is 8.44. The van der Waals surface area contributed by atoms with E-state index in [0.717, 1.165) is 5.56 Å². The molecule has 0 aliphatic heterocycles.